The molecule has 0 saturated carbocycles. The summed E-state index contributed by atoms with van der Waals surface area (Å²) in [5, 5.41) is 3.75. The third kappa shape index (κ3) is 4.82. The van der Waals surface area contributed by atoms with E-state index in [2.05, 4.69) is 22.0 Å². The van der Waals surface area contributed by atoms with Crippen LogP contribution < -0.4 is 5.32 Å². The lowest BCUT2D eigenvalue weighted by molar-refractivity contribution is -0.113. The van der Waals surface area contributed by atoms with E-state index in [1.165, 1.54) is 22.4 Å². The Morgan fingerprint density at radius 2 is 1.84 bits per heavy atom. The van der Waals surface area contributed by atoms with Gasteiger partial charge in [-0.3, -0.25) is 14.2 Å². The van der Waals surface area contributed by atoms with Crippen molar-refractivity contribution >= 4 is 29.3 Å². The molecule has 4 rings (SSSR count). The van der Waals surface area contributed by atoms with Crippen molar-refractivity contribution in [2.45, 2.75) is 30.8 Å². The second-order valence-electron chi connectivity index (χ2n) is 7.78. The molecule has 0 saturated heterocycles. The van der Waals surface area contributed by atoms with Crippen molar-refractivity contribution in [1.82, 2.24) is 14.5 Å². The zero-order valence-corrected chi connectivity index (χ0v) is 18.6. The highest BCUT2D eigenvalue weighted by molar-refractivity contribution is 7.99. The van der Waals surface area contributed by atoms with E-state index >= 15 is 0 Å². The molecule has 0 unspecified atom stereocenters. The van der Waals surface area contributed by atoms with Crippen molar-refractivity contribution < 1.29 is 9.59 Å². The quantitative estimate of drug-likeness (QED) is 0.591. The number of nitrogens with zero attached hydrogens (tertiary/aromatic N) is 3. The summed E-state index contributed by atoms with van der Waals surface area (Å²) in [5.41, 5.74) is 4.64. The van der Waals surface area contributed by atoms with Crippen LogP contribution in [0, 0.1) is 0 Å². The molecule has 0 aliphatic heterocycles. The number of hydrogen-bond donors (Lipinski definition) is 1. The van der Waals surface area contributed by atoms with Gasteiger partial charge in [-0.15, -0.1) is 0 Å². The molecule has 6 nitrogen and oxygen atoms in total. The molecule has 0 radical (unpaired) electrons. The Hall–Kier alpha value is -3.06. The lowest BCUT2D eigenvalue weighted by Gasteiger charge is -2.15. The Kier molecular flexibility index (Phi) is 6.42. The Bertz CT molecular complexity index is 1090. The monoisotopic (exact) mass is 434 g/mol. The summed E-state index contributed by atoms with van der Waals surface area (Å²) in [6.45, 7) is 0. The number of benzene rings is 2. The number of imidazole rings is 1. The van der Waals surface area contributed by atoms with Gasteiger partial charge in [-0.1, -0.05) is 36.0 Å². The molecule has 1 aliphatic carbocycles. The predicted molar refractivity (Wildman–Crippen MR) is 124 cm³/mol. The zero-order valence-electron chi connectivity index (χ0n) is 17.8. The molecule has 31 heavy (non-hydrogen) atoms. The van der Waals surface area contributed by atoms with Crippen molar-refractivity contribution in [3.05, 3.63) is 71.5 Å². The van der Waals surface area contributed by atoms with Crippen LogP contribution in [0.3, 0.4) is 0 Å². The van der Waals surface area contributed by atoms with E-state index in [0.717, 1.165) is 42.2 Å². The molecule has 1 aromatic heterocycles. The highest BCUT2D eigenvalue weighted by Crippen LogP contribution is 2.30. The largest absolute Gasteiger partial charge is 0.345 e. The third-order valence-corrected chi connectivity index (χ3v) is 6.19. The zero-order chi connectivity index (χ0) is 21.8. The number of para-hydroxylation sites is 1. The summed E-state index contributed by atoms with van der Waals surface area (Å²) < 4.78 is 2.20. The molecular weight excluding hydrogens is 408 g/mol. The summed E-state index contributed by atoms with van der Waals surface area (Å²) in [5.74, 6) is 0.0233. The minimum Gasteiger partial charge on any atom is -0.345 e. The van der Waals surface area contributed by atoms with Crippen LogP contribution in [0.2, 0.25) is 0 Å². The van der Waals surface area contributed by atoms with Gasteiger partial charge in [0.2, 0.25) is 5.91 Å². The molecule has 1 aliphatic rings. The van der Waals surface area contributed by atoms with Crippen molar-refractivity contribution in [2.24, 2.45) is 0 Å². The number of anilines is 1. The molecule has 1 N–H and O–H groups in total. The number of rotatable bonds is 6. The Balaban J connectivity index is 1.49. The second-order valence-corrected chi connectivity index (χ2v) is 8.73. The van der Waals surface area contributed by atoms with Crippen LogP contribution in [0.1, 0.15) is 34.6 Å². The van der Waals surface area contributed by atoms with Gasteiger partial charge in [0.05, 0.1) is 11.4 Å². The summed E-state index contributed by atoms with van der Waals surface area (Å²) in [6.07, 6.45) is 4.32. The van der Waals surface area contributed by atoms with Gasteiger partial charge in [-0.05, 0) is 56.0 Å². The van der Waals surface area contributed by atoms with Gasteiger partial charge >= 0.3 is 0 Å². The molecule has 1 heterocycles. The fourth-order valence-corrected chi connectivity index (χ4v) is 4.62. The lowest BCUT2D eigenvalue weighted by Crippen LogP contribution is -2.22. The number of carbonyl (C=O) groups is 2. The average Bonchev–Trinajstić information content (AvgIpc) is 3.16. The first-order valence-corrected chi connectivity index (χ1v) is 11.4. The van der Waals surface area contributed by atoms with Crippen LogP contribution in [0.15, 0.2) is 59.8 Å². The van der Waals surface area contributed by atoms with Crippen molar-refractivity contribution in [1.29, 1.82) is 0 Å². The van der Waals surface area contributed by atoms with E-state index < -0.39 is 0 Å². The van der Waals surface area contributed by atoms with E-state index in [1.807, 2.05) is 18.2 Å². The van der Waals surface area contributed by atoms with Crippen LogP contribution in [0.25, 0.3) is 5.69 Å². The van der Waals surface area contributed by atoms with Crippen molar-refractivity contribution in [3.63, 3.8) is 0 Å². The Morgan fingerprint density at radius 3 is 2.61 bits per heavy atom. The normalized spacial score (nSPS) is 12.8. The van der Waals surface area contributed by atoms with Gasteiger partial charge in [-0.2, -0.15) is 0 Å². The van der Waals surface area contributed by atoms with Crippen LogP contribution >= 0.6 is 11.8 Å². The fourth-order valence-electron chi connectivity index (χ4n) is 3.77. The molecule has 0 spiro atoms. The molecule has 2 amide bonds. The maximum Gasteiger partial charge on any atom is 0.253 e. The maximum absolute atomic E-state index is 12.6. The molecule has 160 valence electrons. The summed E-state index contributed by atoms with van der Waals surface area (Å²) >= 11 is 1.44. The number of nitrogens with one attached hydrogen (secondary N) is 1. The Labute approximate surface area is 186 Å². The lowest BCUT2D eigenvalue weighted by atomic mass is 10.0. The second kappa shape index (κ2) is 9.39. The van der Waals surface area contributed by atoms with Crippen LogP contribution in [-0.4, -0.2) is 46.1 Å². The van der Waals surface area contributed by atoms with Gasteiger partial charge < -0.3 is 10.2 Å². The number of carbonyl (C=O) groups excluding carboxylic acids is 2. The molecule has 7 heteroatoms. The fraction of sp³-hybridized carbons (Fsp3) is 0.292. The van der Waals surface area contributed by atoms with Crippen LogP contribution in [-0.2, 0) is 17.6 Å². The molecular formula is C24H26N4O2S. The number of aromatic nitrogens is 2. The van der Waals surface area contributed by atoms with E-state index in [1.54, 1.807) is 38.4 Å². The highest BCUT2D eigenvalue weighted by Gasteiger charge is 2.22. The van der Waals surface area contributed by atoms with Gasteiger partial charge in [0.15, 0.2) is 5.16 Å². The van der Waals surface area contributed by atoms with Gasteiger partial charge in [0, 0.05) is 36.7 Å². The first-order valence-electron chi connectivity index (χ1n) is 10.4. The minimum atomic E-state index is -0.125. The predicted octanol–water partition coefficient (Wildman–Crippen LogP) is 4.18. The summed E-state index contributed by atoms with van der Waals surface area (Å²) in [6, 6.07) is 17.2. The van der Waals surface area contributed by atoms with Crippen LogP contribution in [0.5, 0.6) is 0 Å². The Morgan fingerprint density at radius 1 is 1.06 bits per heavy atom. The van der Waals surface area contributed by atoms with Crippen LogP contribution in [0.4, 0.5) is 5.69 Å². The minimum absolute atomic E-state index is 0.0963. The molecule has 0 atom stereocenters. The highest BCUT2D eigenvalue weighted by atomic mass is 32.2. The molecule has 2 aromatic carbocycles. The van der Waals surface area contributed by atoms with E-state index in [-0.39, 0.29) is 17.6 Å². The topological polar surface area (TPSA) is 67.2 Å². The van der Waals surface area contributed by atoms with Gasteiger partial charge in [-0.25, -0.2) is 4.98 Å². The summed E-state index contributed by atoms with van der Waals surface area (Å²) in [7, 11) is 3.41. The van der Waals surface area contributed by atoms with E-state index in [4.69, 9.17) is 4.98 Å². The average molecular weight is 435 g/mol. The standard InChI is InChI=1S/C24H26N4O2S/c1-27(2)23(30)17-9-8-10-18(15-17)25-22(29)16-31-24-26-20-13-6-7-14-21(20)28(24)19-11-4-3-5-12-19/h3-5,8-12,15H,6-7,13-14,16H2,1-2H3,(H,25,29). The van der Waals surface area contributed by atoms with E-state index in [9.17, 15) is 9.59 Å². The third-order valence-electron chi connectivity index (χ3n) is 5.25. The molecule has 0 fully saturated rings. The first-order chi connectivity index (χ1) is 15.0. The maximum atomic E-state index is 12.6. The van der Waals surface area contributed by atoms with E-state index in [0.29, 0.717) is 11.3 Å². The number of thioether (sulfide) groups is 1. The smallest absolute Gasteiger partial charge is 0.253 e. The van der Waals surface area contributed by atoms with Gasteiger partial charge in [0.1, 0.15) is 0 Å². The van der Waals surface area contributed by atoms with Gasteiger partial charge in [0.25, 0.3) is 5.91 Å². The number of hydrogen-bond acceptors (Lipinski definition) is 4. The molecule has 0 bridgehead atoms. The van der Waals surface area contributed by atoms with Crippen molar-refractivity contribution in [2.75, 3.05) is 25.2 Å². The number of amides is 2. The molecule has 3 aromatic rings. The van der Waals surface area contributed by atoms with Crippen molar-refractivity contribution in [3.8, 4) is 5.69 Å². The number of aryl methyl sites for hydroxylation is 1. The first kappa shape index (κ1) is 21.2. The summed E-state index contributed by atoms with van der Waals surface area (Å²) in [4.78, 5) is 31.2. The number of fused-ring (bicyclic) bond motifs is 1. The SMILES string of the molecule is CN(C)C(=O)c1cccc(NC(=O)CSc2nc3c(n2-c2ccccc2)CCCC3)c1.